The first-order chi connectivity index (χ1) is 11.4. The van der Waals surface area contributed by atoms with Gasteiger partial charge in [0.05, 0.1) is 21.7 Å². The van der Waals surface area contributed by atoms with Crippen LogP contribution in [0.1, 0.15) is 10.4 Å². The Morgan fingerprint density at radius 1 is 1.12 bits per heavy atom. The molecule has 0 saturated heterocycles. The van der Waals surface area contributed by atoms with Gasteiger partial charge in [-0.3, -0.25) is 9.71 Å². The molecular weight excluding hydrogens is 335 g/mol. The highest BCUT2D eigenvalue weighted by atomic mass is 32.2. The number of pyridine rings is 1. The van der Waals surface area contributed by atoms with E-state index >= 15 is 0 Å². The lowest BCUT2D eigenvalue weighted by Crippen LogP contribution is -2.14. The van der Waals surface area contributed by atoms with Crippen LogP contribution in [-0.4, -0.2) is 24.5 Å². The molecule has 8 heteroatoms. The third kappa shape index (κ3) is 2.91. The van der Waals surface area contributed by atoms with Gasteiger partial charge in [-0.2, -0.15) is 0 Å². The smallest absolute Gasteiger partial charge is 0.338 e. The fourth-order valence-electron chi connectivity index (χ4n) is 2.23. The Morgan fingerprint density at radius 3 is 2.62 bits per heavy atom. The van der Waals surface area contributed by atoms with Crippen LogP contribution in [0.5, 0.6) is 0 Å². The molecule has 24 heavy (non-hydrogen) atoms. The number of para-hydroxylation sites is 1. The molecule has 0 saturated carbocycles. The van der Waals surface area contributed by atoms with Gasteiger partial charge < -0.3 is 5.11 Å². The lowest BCUT2D eigenvalue weighted by Gasteiger charge is -2.10. The molecule has 0 unspecified atom stereocenters. The molecule has 0 aliphatic carbocycles. The van der Waals surface area contributed by atoms with E-state index in [1.165, 1.54) is 12.3 Å². The molecule has 2 aromatic carbocycles. The van der Waals surface area contributed by atoms with Gasteiger partial charge in [0, 0.05) is 11.6 Å². The van der Waals surface area contributed by atoms with Crippen LogP contribution in [0.15, 0.2) is 59.6 Å². The van der Waals surface area contributed by atoms with Gasteiger partial charge in [-0.1, -0.05) is 18.2 Å². The summed E-state index contributed by atoms with van der Waals surface area (Å²) >= 11 is 0. The zero-order valence-electron chi connectivity index (χ0n) is 12.1. The summed E-state index contributed by atoms with van der Waals surface area (Å²) in [5.41, 5.74) is -0.0210. The molecule has 122 valence electrons. The lowest BCUT2D eigenvalue weighted by atomic mass is 10.2. The molecule has 0 fully saturated rings. The number of aromatic nitrogens is 1. The molecule has 0 bridgehead atoms. The summed E-state index contributed by atoms with van der Waals surface area (Å²) in [5, 5.41) is 9.66. The Kier molecular flexibility index (Phi) is 3.90. The van der Waals surface area contributed by atoms with Crippen molar-refractivity contribution in [3.63, 3.8) is 0 Å². The summed E-state index contributed by atoms with van der Waals surface area (Å²) < 4.78 is 40.7. The van der Waals surface area contributed by atoms with Crippen LogP contribution in [0, 0.1) is 5.82 Å². The van der Waals surface area contributed by atoms with E-state index in [9.17, 15) is 17.6 Å². The minimum absolute atomic E-state index is 0.245. The normalized spacial score (nSPS) is 11.4. The molecule has 0 amide bonds. The molecule has 0 atom stereocenters. The van der Waals surface area contributed by atoms with Crippen molar-refractivity contribution in [2.75, 3.05) is 4.72 Å². The topological polar surface area (TPSA) is 96.4 Å². The number of carboxylic acids is 1. The van der Waals surface area contributed by atoms with Crippen molar-refractivity contribution in [2.24, 2.45) is 0 Å². The van der Waals surface area contributed by atoms with Crippen LogP contribution < -0.4 is 4.72 Å². The van der Waals surface area contributed by atoms with E-state index < -0.39 is 27.4 Å². The molecule has 0 spiro atoms. The molecule has 0 aliphatic rings. The van der Waals surface area contributed by atoms with Gasteiger partial charge in [-0.25, -0.2) is 17.6 Å². The fraction of sp³-hybridized carbons (Fsp3) is 0. The Balaban J connectivity index is 2.05. The third-order valence-corrected chi connectivity index (χ3v) is 4.72. The maximum Gasteiger partial charge on any atom is 0.338 e. The molecule has 2 N–H and O–H groups in total. The molecular formula is C16H11FN2O4S. The summed E-state index contributed by atoms with van der Waals surface area (Å²) in [5.74, 6) is -2.55. The van der Waals surface area contributed by atoms with Crippen LogP contribution in [0.25, 0.3) is 10.9 Å². The highest BCUT2D eigenvalue weighted by Crippen LogP contribution is 2.24. The van der Waals surface area contributed by atoms with Gasteiger partial charge in [0.2, 0.25) is 0 Å². The van der Waals surface area contributed by atoms with E-state index in [0.29, 0.717) is 5.52 Å². The van der Waals surface area contributed by atoms with Crippen molar-refractivity contribution in [1.29, 1.82) is 0 Å². The molecule has 1 heterocycles. The Hall–Kier alpha value is -3.00. The standard InChI is InChI=1S/C16H11FN2O4S/c17-13-7-6-11(9-12(13)16(20)21)24(22,23)19-14-5-1-3-10-4-2-8-18-15(10)14/h1-9,19H,(H,20,21). The van der Waals surface area contributed by atoms with E-state index in [-0.39, 0.29) is 10.6 Å². The highest BCUT2D eigenvalue weighted by molar-refractivity contribution is 7.92. The van der Waals surface area contributed by atoms with E-state index in [1.807, 2.05) is 0 Å². The summed E-state index contributed by atoms with van der Waals surface area (Å²) in [6.07, 6.45) is 1.53. The minimum atomic E-state index is -4.10. The van der Waals surface area contributed by atoms with Gasteiger partial charge in [-0.05, 0) is 30.3 Å². The first kappa shape index (κ1) is 15.9. The lowest BCUT2D eigenvalue weighted by molar-refractivity contribution is 0.0691. The van der Waals surface area contributed by atoms with Gasteiger partial charge in [0.1, 0.15) is 5.82 Å². The Morgan fingerprint density at radius 2 is 1.88 bits per heavy atom. The Labute approximate surface area is 136 Å². The molecule has 3 rings (SSSR count). The number of benzene rings is 2. The summed E-state index contributed by atoms with van der Waals surface area (Å²) in [6.45, 7) is 0. The number of hydrogen-bond acceptors (Lipinski definition) is 4. The third-order valence-electron chi connectivity index (χ3n) is 3.36. The number of sulfonamides is 1. The van der Waals surface area contributed by atoms with E-state index in [0.717, 1.165) is 23.6 Å². The van der Waals surface area contributed by atoms with Crippen molar-refractivity contribution in [3.05, 3.63) is 66.1 Å². The van der Waals surface area contributed by atoms with Crippen molar-refractivity contribution < 1.29 is 22.7 Å². The Bertz CT molecular complexity index is 1050. The number of carbonyl (C=O) groups is 1. The molecule has 0 radical (unpaired) electrons. The number of carboxylic acid groups (broad SMARTS) is 1. The number of nitrogens with one attached hydrogen (secondary N) is 1. The average Bonchev–Trinajstić information content (AvgIpc) is 2.55. The van der Waals surface area contributed by atoms with E-state index in [1.54, 1.807) is 24.3 Å². The predicted octanol–water partition coefficient (Wildman–Crippen LogP) is 2.87. The van der Waals surface area contributed by atoms with Crippen molar-refractivity contribution >= 4 is 32.6 Å². The largest absolute Gasteiger partial charge is 0.478 e. The second kappa shape index (κ2) is 5.89. The number of hydrogen-bond donors (Lipinski definition) is 2. The van der Waals surface area contributed by atoms with Gasteiger partial charge >= 0.3 is 5.97 Å². The number of aromatic carboxylic acids is 1. The van der Waals surface area contributed by atoms with Crippen LogP contribution in [0.4, 0.5) is 10.1 Å². The summed E-state index contributed by atoms with van der Waals surface area (Å²) in [4.78, 5) is 14.8. The van der Waals surface area contributed by atoms with Crippen LogP contribution in [-0.2, 0) is 10.0 Å². The van der Waals surface area contributed by atoms with Gasteiger partial charge in [0.15, 0.2) is 0 Å². The average molecular weight is 346 g/mol. The number of halogens is 1. The first-order valence-electron chi connectivity index (χ1n) is 6.78. The molecule has 0 aliphatic heterocycles. The molecule has 6 nitrogen and oxygen atoms in total. The van der Waals surface area contributed by atoms with Crippen LogP contribution >= 0.6 is 0 Å². The van der Waals surface area contributed by atoms with Gasteiger partial charge in [0.25, 0.3) is 10.0 Å². The maximum atomic E-state index is 13.4. The second-order valence-electron chi connectivity index (χ2n) is 4.93. The first-order valence-corrected chi connectivity index (χ1v) is 8.26. The zero-order chi connectivity index (χ0) is 17.3. The van der Waals surface area contributed by atoms with Gasteiger partial charge in [-0.15, -0.1) is 0 Å². The molecule has 3 aromatic rings. The number of rotatable bonds is 4. The summed E-state index contributed by atoms with van der Waals surface area (Å²) in [7, 11) is -4.10. The monoisotopic (exact) mass is 346 g/mol. The number of anilines is 1. The quantitative estimate of drug-likeness (QED) is 0.757. The van der Waals surface area contributed by atoms with E-state index in [4.69, 9.17) is 5.11 Å². The summed E-state index contributed by atoms with van der Waals surface area (Å²) in [6, 6.07) is 11.1. The van der Waals surface area contributed by atoms with E-state index in [2.05, 4.69) is 9.71 Å². The van der Waals surface area contributed by atoms with Crippen LogP contribution in [0.2, 0.25) is 0 Å². The minimum Gasteiger partial charge on any atom is -0.478 e. The number of fused-ring (bicyclic) bond motifs is 1. The van der Waals surface area contributed by atoms with Crippen molar-refractivity contribution in [2.45, 2.75) is 4.90 Å². The second-order valence-corrected chi connectivity index (χ2v) is 6.62. The van der Waals surface area contributed by atoms with Crippen molar-refractivity contribution in [3.8, 4) is 0 Å². The zero-order valence-corrected chi connectivity index (χ0v) is 12.9. The highest BCUT2D eigenvalue weighted by Gasteiger charge is 2.20. The fourth-order valence-corrected chi connectivity index (χ4v) is 3.32. The maximum absolute atomic E-state index is 13.4. The molecule has 1 aromatic heterocycles. The SMILES string of the molecule is O=C(O)c1cc(S(=O)(=O)Nc2cccc3cccnc23)ccc1F. The number of nitrogens with zero attached hydrogens (tertiary/aromatic N) is 1. The van der Waals surface area contributed by atoms with Crippen LogP contribution in [0.3, 0.4) is 0 Å². The van der Waals surface area contributed by atoms with Crippen molar-refractivity contribution in [1.82, 2.24) is 4.98 Å². The predicted molar refractivity (Wildman–Crippen MR) is 85.9 cm³/mol.